The molecule has 120 valence electrons. The summed E-state index contributed by atoms with van der Waals surface area (Å²) in [5.74, 6) is -1.29. The van der Waals surface area contributed by atoms with E-state index in [9.17, 15) is 19.7 Å². The number of amides is 2. The van der Waals surface area contributed by atoms with Crippen LogP contribution in [-0.2, 0) is 9.59 Å². The summed E-state index contributed by atoms with van der Waals surface area (Å²) in [5, 5.41) is 24.6. The maximum Gasteiger partial charge on any atom is 0.274 e. The molecular formula is C15H16N4O4. The molecule has 0 aliphatic heterocycles. The maximum atomic E-state index is 11.7. The van der Waals surface area contributed by atoms with E-state index in [2.05, 4.69) is 10.6 Å². The van der Waals surface area contributed by atoms with Gasteiger partial charge in [-0.05, 0) is 19.4 Å². The van der Waals surface area contributed by atoms with E-state index in [1.54, 1.807) is 32.0 Å². The minimum atomic E-state index is -0.819. The van der Waals surface area contributed by atoms with E-state index in [0.717, 1.165) is 6.20 Å². The SMILES string of the molecule is CCCC(=O)NC(=O)/C(C#N)=C/Nc1ccc(C)c([N+](=O)[O-])c1. The lowest BCUT2D eigenvalue weighted by atomic mass is 10.2. The van der Waals surface area contributed by atoms with Crippen LogP contribution in [0.3, 0.4) is 0 Å². The van der Waals surface area contributed by atoms with E-state index in [4.69, 9.17) is 5.26 Å². The summed E-state index contributed by atoms with van der Waals surface area (Å²) >= 11 is 0. The van der Waals surface area contributed by atoms with Crippen molar-refractivity contribution in [3.05, 3.63) is 45.6 Å². The van der Waals surface area contributed by atoms with Gasteiger partial charge in [-0.3, -0.25) is 25.0 Å². The van der Waals surface area contributed by atoms with Gasteiger partial charge >= 0.3 is 0 Å². The lowest BCUT2D eigenvalue weighted by Crippen LogP contribution is -2.31. The second kappa shape index (κ2) is 8.29. The second-order valence-corrected chi connectivity index (χ2v) is 4.70. The summed E-state index contributed by atoms with van der Waals surface area (Å²) < 4.78 is 0. The van der Waals surface area contributed by atoms with Gasteiger partial charge in [-0.25, -0.2) is 0 Å². The smallest absolute Gasteiger partial charge is 0.274 e. The van der Waals surface area contributed by atoms with E-state index in [1.807, 2.05) is 0 Å². The fraction of sp³-hybridized carbons (Fsp3) is 0.267. The minimum absolute atomic E-state index is 0.0792. The number of hydrogen-bond donors (Lipinski definition) is 2. The molecule has 23 heavy (non-hydrogen) atoms. The van der Waals surface area contributed by atoms with Crippen LogP contribution < -0.4 is 10.6 Å². The Hall–Kier alpha value is -3.21. The first kappa shape index (κ1) is 17.8. The fourth-order valence-corrected chi connectivity index (χ4v) is 1.68. The molecule has 0 fully saturated rings. The molecule has 8 heteroatoms. The number of aryl methyl sites for hydroxylation is 1. The molecule has 0 aromatic heterocycles. The zero-order valence-electron chi connectivity index (χ0n) is 12.8. The highest BCUT2D eigenvalue weighted by molar-refractivity contribution is 6.06. The van der Waals surface area contributed by atoms with Crippen molar-refractivity contribution in [1.82, 2.24) is 5.32 Å². The van der Waals surface area contributed by atoms with Crippen molar-refractivity contribution >= 4 is 23.2 Å². The van der Waals surface area contributed by atoms with Gasteiger partial charge in [-0.2, -0.15) is 5.26 Å². The third-order valence-corrected chi connectivity index (χ3v) is 2.88. The largest absolute Gasteiger partial charge is 0.360 e. The number of nitro groups is 1. The average Bonchev–Trinajstić information content (AvgIpc) is 2.49. The van der Waals surface area contributed by atoms with Gasteiger partial charge in [0, 0.05) is 29.9 Å². The van der Waals surface area contributed by atoms with Crippen molar-refractivity contribution in [2.75, 3.05) is 5.32 Å². The number of nitriles is 1. The number of carbonyl (C=O) groups excluding carboxylic acids is 2. The van der Waals surface area contributed by atoms with Gasteiger partial charge < -0.3 is 5.32 Å². The number of nitro benzene ring substituents is 1. The van der Waals surface area contributed by atoms with E-state index in [-0.39, 0.29) is 17.7 Å². The number of carbonyl (C=O) groups is 2. The summed E-state index contributed by atoms with van der Waals surface area (Å²) in [7, 11) is 0. The monoisotopic (exact) mass is 316 g/mol. The Morgan fingerprint density at radius 1 is 1.43 bits per heavy atom. The van der Waals surface area contributed by atoms with Crippen LogP contribution >= 0.6 is 0 Å². The average molecular weight is 316 g/mol. The maximum absolute atomic E-state index is 11.7. The number of benzene rings is 1. The molecule has 1 rings (SSSR count). The number of anilines is 1. The van der Waals surface area contributed by atoms with E-state index in [0.29, 0.717) is 17.7 Å². The molecule has 0 radical (unpaired) electrons. The molecule has 2 N–H and O–H groups in total. The Labute approximate surface area is 132 Å². The normalized spacial score (nSPS) is 10.6. The highest BCUT2D eigenvalue weighted by Gasteiger charge is 2.13. The molecule has 8 nitrogen and oxygen atoms in total. The number of imide groups is 1. The molecule has 0 unspecified atom stereocenters. The van der Waals surface area contributed by atoms with Crippen molar-refractivity contribution in [1.29, 1.82) is 5.26 Å². The van der Waals surface area contributed by atoms with Crippen molar-refractivity contribution in [3.8, 4) is 6.07 Å². The van der Waals surface area contributed by atoms with Gasteiger partial charge in [0.25, 0.3) is 11.6 Å². The molecule has 0 aliphatic carbocycles. The number of nitrogens with zero attached hydrogens (tertiary/aromatic N) is 2. The van der Waals surface area contributed by atoms with Crippen LogP contribution in [0.4, 0.5) is 11.4 Å². The molecular weight excluding hydrogens is 300 g/mol. The van der Waals surface area contributed by atoms with Crippen molar-refractivity contribution in [2.45, 2.75) is 26.7 Å². The van der Waals surface area contributed by atoms with Crippen LogP contribution in [0.2, 0.25) is 0 Å². The molecule has 0 saturated heterocycles. The molecule has 2 amide bonds. The Bertz CT molecular complexity index is 704. The van der Waals surface area contributed by atoms with E-state index in [1.165, 1.54) is 6.07 Å². The Kier molecular flexibility index (Phi) is 6.43. The van der Waals surface area contributed by atoms with Gasteiger partial charge in [-0.1, -0.05) is 13.0 Å². The van der Waals surface area contributed by atoms with Crippen LogP contribution in [0.15, 0.2) is 30.0 Å². The zero-order valence-corrected chi connectivity index (χ0v) is 12.8. The quantitative estimate of drug-likeness (QED) is 0.358. The van der Waals surface area contributed by atoms with Crippen molar-refractivity contribution in [2.24, 2.45) is 0 Å². The van der Waals surface area contributed by atoms with Gasteiger partial charge in [0.1, 0.15) is 11.6 Å². The van der Waals surface area contributed by atoms with E-state index >= 15 is 0 Å². The van der Waals surface area contributed by atoms with E-state index < -0.39 is 16.7 Å². The topological polar surface area (TPSA) is 125 Å². The number of hydrogen-bond acceptors (Lipinski definition) is 6. The molecule has 0 heterocycles. The first-order valence-corrected chi connectivity index (χ1v) is 6.85. The van der Waals surface area contributed by atoms with Gasteiger partial charge in [0.15, 0.2) is 0 Å². The summed E-state index contributed by atoms with van der Waals surface area (Å²) in [6.07, 6.45) is 1.86. The third-order valence-electron chi connectivity index (χ3n) is 2.88. The van der Waals surface area contributed by atoms with Gasteiger partial charge in [0.05, 0.1) is 4.92 Å². The molecule has 1 aromatic rings. The Balaban J connectivity index is 2.87. The summed E-state index contributed by atoms with van der Waals surface area (Å²) in [6, 6.07) is 6.09. The predicted molar refractivity (Wildman–Crippen MR) is 83.2 cm³/mol. The first-order chi connectivity index (χ1) is 10.9. The number of rotatable bonds is 6. The third kappa shape index (κ3) is 5.24. The first-order valence-electron chi connectivity index (χ1n) is 6.85. The highest BCUT2D eigenvalue weighted by atomic mass is 16.6. The second-order valence-electron chi connectivity index (χ2n) is 4.70. The highest BCUT2D eigenvalue weighted by Crippen LogP contribution is 2.22. The molecule has 0 bridgehead atoms. The van der Waals surface area contributed by atoms with Crippen LogP contribution in [0, 0.1) is 28.4 Å². The van der Waals surface area contributed by atoms with Crippen LogP contribution in [-0.4, -0.2) is 16.7 Å². The standard InChI is InChI=1S/C15H16N4O4/c1-3-4-14(20)18-15(21)11(8-16)9-17-12-6-5-10(2)13(7-12)19(22)23/h5-7,9,17H,3-4H2,1-2H3,(H,18,20,21)/b11-9+. The molecule has 1 aromatic carbocycles. The molecule has 0 aliphatic rings. The summed E-state index contributed by atoms with van der Waals surface area (Å²) in [5.41, 5.74) is 0.456. The predicted octanol–water partition coefficient (Wildman–Crippen LogP) is 2.17. The lowest BCUT2D eigenvalue weighted by molar-refractivity contribution is -0.385. The fourth-order valence-electron chi connectivity index (χ4n) is 1.68. The Morgan fingerprint density at radius 2 is 2.13 bits per heavy atom. The summed E-state index contributed by atoms with van der Waals surface area (Å²) in [6.45, 7) is 3.39. The van der Waals surface area contributed by atoms with Crippen LogP contribution in [0.5, 0.6) is 0 Å². The molecule has 0 spiro atoms. The molecule has 0 saturated carbocycles. The molecule has 0 atom stereocenters. The van der Waals surface area contributed by atoms with Crippen molar-refractivity contribution in [3.63, 3.8) is 0 Å². The van der Waals surface area contributed by atoms with Gasteiger partial charge in [-0.15, -0.1) is 0 Å². The summed E-state index contributed by atoms with van der Waals surface area (Å²) in [4.78, 5) is 33.4. The number of nitrogens with one attached hydrogen (secondary N) is 2. The minimum Gasteiger partial charge on any atom is -0.360 e. The zero-order chi connectivity index (χ0) is 17.4. The van der Waals surface area contributed by atoms with Crippen LogP contribution in [0.1, 0.15) is 25.3 Å². The Morgan fingerprint density at radius 3 is 2.70 bits per heavy atom. The van der Waals surface area contributed by atoms with Gasteiger partial charge in [0.2, 0.25) is 5.91 Å². The lowest BCUT2D eigenvalue weighted by Gasteiger charge is -2.05. The van der Waals surface area contributed by atoms with Crippen molar-refractivity contribution < 1.29 is 14.5 Å². The van der Waals surface area contributed by atoms with Crippen LogP contribution in [0.25, 0.3) is 0 Å².